The summed E-state index contributed by atoms with van der Waals surface area (Å²) >= 11 is 0. The maximum absolute atomic E-state index is 14.9. The molecular formula is C56H44N2O2S. The van der Waals surface area contributed by atoms with Crippen LogP contribution in [0.1, 0.15) is 43.2 Å². The third-order valence-electron chi connectivity index (χ3n) is 15.2. The van der Waals surface area contributed by atoms with Crippen LogP contribution in [-0.2, 0) is 15.3 Å². The molecule has 1 aromatic heterocycles. The highest BCUT2D eigenvalue weighted by Gasteiger charge is 2.62. The molecule has 1 spiro atoms. The number of sulfone groups is 1. The predicted octanol–water partition coefficient (Wildman–Crippen LogP) is 14.0. The van der Waals surface area contributed by atoms with Crippen LogP contribution in [0, 0.1) is 23.7 Å². The highest BCUT2D eigenvalue weighted by molar-refractivity contribution is 7.91. The maximum Gasteiger partial charge on any atom is 0.207 e. The lowest BCUT2D eigenvalue weighted by Crippen LogP contribution is -2.57. The van der Waals surface area contributed by atoms with Crippen LogP contribution < -0.4 is 4.90 Å². The smallest absolute Gasteiger partial charge is 0.207 e. The van der Waals surface area contributed by atoms with Gasteiger partial charge in [0.2, 0.25) is 9.84 Å². The van der Waals surface area contributed by atoms with Gasteiger partial charge in [0.15, 0.2) is 0 Å². The zero-order valence-corrected chi connectivity index (χ0v) is 34.6. The van der Waals surface area contributed by atoms with E-state index < -0.39 is 9.84 Å². The second kappa shape index (κ2) is 13.0. The Morgan fingerprint density at radius 1 is 0.459 bits per heavy atom. The molecule has 0 saturated heterocycles. The van der Waals surface area contributed by atoms with Crippen LogP contribution >= 0.6 is 0 Å². The zero-order valence-electron chi connectivity index (χ0n) is 33.8. The van der Waals surface area contributed by atoms with Crippen molar-refractivity contribution in [3.05, 3.63) is 193 Å². The summed E-state index contributed by atoms with van der Waals surface area (Å²) in [6, 6.07) is 64.2. The van der Waals surface area contributed by atoms with Crippen molar-refractivity contribution in [3.8, 4) is 16.8 Å². The summed E-state index contributed by atoms with van der Waals surface area (Å²) in [7, 11) is -3.78. The van der Waals surface area contributed by atoms with Crippen LogP contribution in [0.3, 0.4) is 0 Å². The number of fused-ring (bicyclic) bond motifs is 6. The molecule has 0 N–H and O–H groups in total. The van der Waals surface area contributed by atoms with E-state index >= 15 is 0 Å². The zero-order chi connectivity index (χ0) is 40.5. The molecule has 4 nitrogen and oxygen atoms in total. The van der Waals surface area contributed by atoms with Gasteiger partial charge in [-0.1, -0.05) is 115 Å². The van der Waals surface area contributed by atoms with E-state index in [-0.39, 0.29) is 5.41 Å². The van der Waals surface area contributed by atoms with Crippen molar-refractivity contribution in [1.29, 1.82) is 0 Å². The molecule has 0 radical (unpaired) electrons. The molecule has 4 fully saturated rings. The van der Waals surface area contributed by atoms with Crippen molar-refractivity contribution in [3.63, 3.8) is 0 Å². The van der Waals surface area contributed by atoms with E-state index in [0.717, 1.165) is 62.2 Å². The molecule has 4 bridgehead atoms. The lowest BCUT2D eigenvalue weighted by Gasteiger charge is -2.63. The van der Waals surface area contributed by atoms with Gasteiger partial charge in [-0.05, 0) is 156 Å². The molecule has 2 heterocycles. The minimum atomic E-state index is -3.78. The second-order valence-corrected chi connectivity index (χ2v) is 20.1. The summed E-state index contributed by atoms with van der Waals surface area (Å²) in [5.74, 6) is 2.46. The van der Waals surface area contributed by atoms with Gasteiger partial charge in [-0.3, -0.25) is 0 Å². The van der Waals surface area contributed by atoms with E-state index in [1.165, 1.54) is 59.3 Å². The van der Waals surface area contributed by atoms with Crippen molar-refractivity contribution in [1.82, 2.24) is 4.57 Å². The van der Waals surface area contributed by atoms with Crippen molar-refractivity contribution in [2.75, 3.05) is 4.90 Å². The van der Waals surface area contributed by atoms with Crippen molar-refractivity contribution in [2.45, 2.75) is 47.3 Å². The Labute approximate surface area is 356 Å². The average molecular weight is 809 g/mol. The Morgan fingerprint density at radius 3 is 1.67 bits per heavy atom. The molecule has 0 unspecified atom stereocenters. The number of aromatic nitrogens is 1. The summed E-state index contributed by atoms with van der Waals surface area (Å²) in [6.07, 6.45) is 6.13. The van der Waals surface area contributed by atoms with Gasteiger partial charge in [0, 0.05) is 38.9 Å². The van der Waals surface area contributed by atoms with Crippen molar-refractivity contribution < 1.29 is 8.42 Å². The van der Waals surface area contributed by atoms with Crippen LogP contribution in [0.25, 0.3) is 49.4 Å². The van der Waals surface area contributed by atoms with Crippen molar-refractivity contribution >= 4 is 59.5 Å². The molecule has 9 aromatic rings. The monoisotopic (exact) mass is 808 g/mol. The fourth-order valence-corrected chi connectivity index (χ4v) is 14.7. The Morgan fingerprint density at radius 2 is 0.984 bits per heavy atom. The van der Waals surface area contributed by atoms with E-state index in [9.17, 15) is 8.42 Å². The molecule has 0 amide bonds. The SMILES string of the molecule is O=S1(=O)c2ccccc2C2(c3ccc(N(c4ccc(-c5ccc(-n6c7ccccc7c7ccccc76)cc5)cc4)c4ccc5ccccc5c4)cc31)C1CC3CC(C1)CC2C3. The van der Waals surface area contributed by atoms with Crippen LogP contribution in [0.15, 0.2) is 192 Å². The highest BCUT2D eigenvalue weighted by Crippen LogP contribution is 2.68. The van der Waals surface area contributed by atoms with Crippen molar-refractivity contribution in [2.24, 2.45) is 23.7 Å². The molecule has 4 saturated carbocycles. The lowest BCUT2D eigenvalue weighted by atomic mass is 9.42. The van der Waals surface area contributed by atoms with Crippen LogP contribution in [-0.4, -0.2) is 13.0 Å². The average Bonchev–Trinajstić information content (AvgIpc) is 3.64. The molecule has 4 aliphatic carbocycles. The number of rotatable bonds is 5. The third-order valence-corrected chi connectivity index (χ3v) is 17.0. The quantitative estimate of drug-likeness (QED) is 0.174. The summed E-state index contributed by atoms with van der Waals surface area (Å²) < 4.78 is 32.2. The van der Waals surface area contributed by atoms with Gasteiger partial charge in [-0.15, -0.1) is 0 Å². The second-order valence-electron chi connectivity index (χ2n) is 18.2. The lowest BCUT2D eigenvalue weighted by molar-refractivity contribution is -0.0446. The summed E-state index contributed by atoms with van der Waals surface area (Å²) in [5, 5.41) is 4.81. The minimum absolute atomic E-state index is 0.268. The van der Waals surface area contributed by atoms with E-state index in [4.69, 9.17) is 0 Å². The number of hydrogen-bond donors (Lipinski definition) is 0. The Bertz CT molecular complexity index is 3260. The first kappa shape index (κ1) is 35.3. The van der Waals surface area contributed by atoms with E-state index in [1.807, 2.05) is 18.2 Å². The highest BCUT2D eigenvalue weighted by atomic mass is 32.2. The molecular weight excluding hydrogens is 765 g/mol. The Balaban J connectivity index is 0.925. The van der Waals surface area contributed by atoms with Crippen LogP contribution in [0.2, 0.25) is 0 Å². The fourth-order valence-electron chi connectivity index (χ4n) is 12.9. The largest absolute Gasteiger partial charge is 0.310 e. The van der Waals surface area contributed by atoms with Gasteiger partial charge >= 0.3 is 0 Å². The van der Waals surface area contributed by atoms with Gasteiger partial charge in [0.25, 0.3) is 0 Å². The standard InChI is InChI=1S/C56H44N2O2S/c59-61(60)54-16-8-5-13-50(54)56(42-30-36-29-37(32-42)33-43(56)31-36)51-28-27-47(35-55(51)61)57(46-26-21-38-9-1-2-10-41(38)34-46)44-22-17-39(18-23-44)40-19-24-45(25-20-40)58-52-14-6-3-11-48(52)49-12-4-7-15-53(49)58/h1-28,34-37,42-43H,29-33H2. The molecule has 0 atom stereocenters. The van der Waals surface area contributed by atoms with Crippen LogP contribution in [0.4, 0.5) is 17.1 Å². The number of nitrogens with zero attached hydrogens (tertiary/aromatic N) is 2. The van der Waals surface area contributed by atoms with Gasteiger partial charge < -0.3 is 9.47 Å². The first-order valence-corrected chi connectivity index (χ1v) is 23.4. The Kier molecular flexibility index (Phi) is 7.55. The molecule has 296 valence electrons. The molecule has 8 aromatic carbocycles. The predicted molar refractivity (Wildman–Crippen MR) is 248 cm³/mol. The first-order chi connectivity index (χ1) is 29.9. The van der Waals surface area contributed by atoms with E-state index in [0.29, 0.717) is 21.6 Å². The number of hydrogen-bond acceptors (Lipinski definition) is 3. The fraction of sp³-hybridized carbons (Fsp3) is 0.179. The number of anilines is 3. The molecule has 5 heteroatoms. The van der Waals surface area contributed by atoms with Gasteiger partial charge in [0.1, 0.15) is 0 Å². The topological polar surface area (TPSA) is 42.3 Å². The van der Waals surface area contributed by atoms with Gasteiger partial charge in [-0.2, -0.15) is 0 Å². The third kappa shape index (κ3) is 5.07. The normalized spacial score (nSPS) is 23.1. The van der Waals surface area contributed by atoms with Gasteiger partial charge in [0.05, 0.1) is 20.8 Å². The minimum Gasteiger partial charge on any atom is -0.310 e. The number of para-hydroxylation sites is 2. The maximum atomic E-state index is 14.9. The molecule has 5 aliphatic rings. The number of benzene rings is 8. The van der Waals surface area contributed by atoms with E-state index in [2.05, 4.69) is 173 Å². The summed E-state index contributed by atoms with van der Waals surface area (Å²) in [6.45, 7) is 0. The Hall–Kier alpha value is -6.43. The first-order valence-electron chi connectivity index (χ1n) is 21.9. The van der Waals surface area contributed by atoms with Gasteiger partial charge in [-0.25, -0.2) is 8.42 Å². The molecule has 14 rings (SSSR count). The molecule has 61 heavy (non-hydrogen) atoms. The summed E-state index contributed by atoms with van der Waals surface area (Å²) in [5.41, 5.74) is 10.4. The molecule has 1 aliphatic heterocycles. The van der Waals surface area contributed by atoms with E-state index in [1.54, 1.807) is 0 Å². The summed E-state index contributed by atoms with van der Waals surface area (Å²) in [4.78, 5) is 3.24. The van der Waals surface area contributed by atoms with Crippen LogP contribution in [0.5, 0.6) is 0 Å².